The molecule has 0 spiro atoms. The molecule has 1 aromatic rings. The zero-order valence-corrected chi connectivity index (χ0v) is 10.0. The van der Waals surface area contributed by atoms with Crippen molar-refractivity contribution in [3.8, 4) is 0 Å². The van der Waals surface area contributed by atoms with Crippen LogP contribution in [-0.4, -0.2) is 18.3 Å². The van der Waals surface area contributed by atoms with Crippen LogP contribution in [0.25, 0.3) is 0 Å². The molecule has 0 amide bonds. The number of aliphatic hydroxyl groups excluding tert-OH is 1. The number of aryl methyl sites for hydroxylation is 1. The minimum Gasteiger partial charge on any atom is -0.394 e. The Kier molecular flexibility index (Phi) is 5.09. The van der Waals surface area contributed by atoms with Crippen LogP contribution in [0, 0.1) is 6.92 Å². The lowest BCUT2D eigenvalue weighted by atomic mass is 10.0. The monoisotopic (exact) mass is 227 g/mol. The molecule has 0 heterocycles. The predicted molar refractivity (Wildman–Crippen MR) is 64.3 cm³/mol. The van der Waals surface area contributed by atoms with Gasteiger partial charge in [0.15, 0.2) is 0 Å². The van der Waals surface area contributed by atoms with Crippen LogP contribution in [-0.2, 0) is 0 Å². The topological polar surface area (TPSA) is 32.3 Å². The maximum absolute atomic E-state index is 9.30. The highest BCUT2D eigenvalue weighted by Crippen LogP contribution is 2.21. The smallest absolute Gasteiger partial charge is 0.0626 e. The van der Waals surface area contributed by atoms with Crippen LogP contribution in [0.2, 0.25) is 5.02 Å². The van der Waals surface area contributed by atoms with Crippen LogP contribution < -0.4 is 5.32 Å². The largest absolute Gasteiger partial charge is 0.394 e. The van der Waals surface area contributed by atoms with E-state index in [1.54, 1.807) is 0 Å². The van der Waals surface area contributed by atoms with Crippen LogP contribution in [0.3, 0.4) is 0 Å². The molecular weight excluding hydrogens is 210 g/mol. The fraction of sp³-hybridized carbons (Fsp3) is 0.500. The number of benzene rings is 1. The Labute approximate surface area is 96.3 Å². The van der Waals surface area contributed by atoms with Gasteiger partial charge in [-0.05, 0) is 43.1 Å². The lowest BCUT2D eigenvalue weighted by molar-refractivity contribution is 0.244. The second kappa shape index (κ2) is 6.11. The average molecular weight is 228 g/mol. The Morgan fingerprint density at radius 1 is 1.47 bits per heavy atom. The summed E-state index contributed by atoms with van der Waals surface area (Å²) in [7, 11) is 0. The maximum Gasteiger partial charge on any atom is 0.0626 e. The maximum atomic E-state index is 9.30. The Hall–Kier alpha value is -0.570. The minimum atomic E-state index is 0.0159. The number of aliphatic hydroxyl groups is 1. The van der Waals surface area contributed by atoms with Gasteiger partial charge in [-0.15, -0.1) is 0 Å². The van der Waals surface area contributed by atoms with Gasteiger partial charge in [-0.3, -0.25) is 0 Å². The number of rotatable bonds is 5. The van der Waals surface area contributed by atoms with E-state index in [-0.39, 0.29) is 12.6 Å². The summed E-state index contributed by atoms with van der Waals surface area (Å²) in [6.07, 6.45) is 1.06. The highest BCUT2D eigenvalue weighted by atomic mass is 35.5. The van der Waals surface area contributed by atoms with Gasteiger partial charge in [0, 0.05) is 5.02 Å². The average Bonchev–Trinajstić information content (AvgIpc) is 2.21. The summed E-state index contributed by atoms with van der Waals surface area (Å²) in [6.45, 7) is 5.14. The molecular formula is C12H18ClNO. The summed E-state index contributed by atoms with van der Waals surface area (Å²) in [5.41, 5.74) is 2.24. The van der Waals surface area contributed by atoms with Crippen molar-refractivity contribution in [3.05, 3.63) is 34.3 Å². The number of hydrogen-bond donors (Lipinski definition) is 2. The van der Waals surface area contributed by atoms with Crippen molar-refractivity contribution in [2.45, 2.75) is 26.3 Å². The molecule has 0 aliphatic heterocycles. The van der Waals surface area contributed by atoms with Gasteiger partial charge in [-0.2, -0.15) is 0 Å². The Bertz CT molecular complexity index is 314. The van der Waals surface area contributed by atoms with E-state index in [1.807, 2.05) is 25.1 Å². The number of nitrogens with one attached hydrogen (secondary N) is 1. The second-order valence-corrected chi connectivity index (χ2v) is 4.13. The summed E-state index contributed by atoms with van der Waals surface area (Å²) < 4.78 is 0. The first-order valence-corrected chi connectivity index (χ1v) is 5.67. The second-order valence-electron chi connectivity index (χ2n) is 3.69. The molecule has 3 heteroatoms. The Balaban J connectivity index is 2.81. The zero-order chi connectivity index (χ0) is 11.3. The summed E-state index contributed by atoms with van der Waals surface area (Å²) >= 11 is 5.89. The van der Waals surface area contributed by atoms with Crippen LogP contribution in [0.5, 0.6) is 0 Å². The van der Waals surface area contributed by atoms with Gasteiger partial charge in [0.1, 0.15) is 0 Å². The minimum absolute atomic E-state index is 0.0159. The van der Waals surface area contributed by atoms with E-state index >= 15 is 0 Å². The lowest BCUT2D eigenvalue weighted by Crippen LogP contribution is -2.25. The molecule has 0 fully saturated rings. The van der Waals surface area contributed by atoms with Crippen molar-refractivity contribution in [1.29, 1.82) is 0 Å². The molecule has 1 aromatic carbocycles. The first-order chi connectivity index (χ1) is 7.19. The Morgan fingerprint density at radius 2 is 2.20 bits per heavy atom. The van der Waals surface area contributed by atoms with Gasteiger partial charge in [-0.25, -0.2) is 0 Å². The third-order valence-electron chi connectivity index (χ3n) is 2.43. The summed E-state index contributed by atoms with van der Waals surface area (Å²) in [5, 5.41) is 13.3. The van der Waals surface area contributed by atoms with Crippen LogP contribution in [0.15, 0.2) is 18.2 Å². The molecule has 2 nitrogen and oxygen atoms in total. The van der Waals surface area contributed by atoms with Crippen molar-refractivity contribution in [1.82, 2.24) is 5.32 Å². The summed E-state index contributed by atoms with van der Waals surface area (Å²) in [4.78, 5) is 0. The number of hydrogen-bond acceptors (Lipinski definition) is 2. The van der Waals surface area contributed by atoms with Crippen LogP contribution in [0.1, 0.15) is 30.5 Å². The van der Waals surface area contributed by atoms with Crippen molar-refractivity contribution < 1.29 is 5.11 Å². The van der Waals surface area contributed by atoms with Crippen LogP contribution >= 0.6 is 11.6 Å². The standard InChI is InChI=1S/C12H18ClNO/c1-3-6-14-12(8-15)11-5-4-10(13)7-9(11)2/h4-5,7,12,14-15H,3,6,8H2,1-2H3. The quantitative estimate of drug-likeness (QED) is 0.811. The van der Waals surface area contributed by atoms with E-state index in [0.29, 0.717) is 0 Å². The molecule has 1 atom stereocenters. The van der Waals surface area contributed by atoms with Crippen LogP contribution in [0.4, 0.5) is 0 Å². The number of halogens is 1. The van der Waals surface area contributed by atoms with Gasteiger partial charge < -0.3 is 10.4 Å². The van der Waals surface area contributed by atoms with Crippen molar-refractivity contribution in [3.63, 3.8) is 0 Å². The molecule has 0 saturated carbocycles. The molecule has 2 N–H and O–H groups in total. The molecule has 1 rings (SSSR count). The summed E-state index contributed by atoms with van der Waals surface area (Å²) in [5.74, 6) is 0. The molecule has 0 aliphatic carbocycles. The predicted octanol–water partition coefficient (Wildman–Crippen LogP) is 2.68. The highest BCUT2D eigenvalue weighted by molar-refractivity contribution is 6.30. The van der Waals surface area contributed by atoms with Crippen molar-refractivity contribution in [2.75, 3.05) is 13.2 Å². The lowest BCUT2D eigenvalue weighted by Gasteiger charge is -2.18. The summed E-state index contributed by atoms with van der Waals surface area (Å²) in [6, 6.07) is 5.77. The van der Waals surface area contributed by atoms with Crippen molar-refractivity contribution in [2.24, 2.45) is 0 Å². The van der Waals surface area contributed by atoms with Crippen molar-refractivity contribution >= 4 is 11.6 Å². The van der Waals surface area contributed by atoms with E-state index in [0.717, 1.165) is 29.1 Å². The molecule has 15 heavy (non-hydrogen) atoms. The molecule has 0 radical (unpaired) electrons. The Morgan fingerprint density at radius 3 is 2.73 bits per heavy atom. The SMILES string of the molecule is CCCNC(CO)c1ccc(Cl)cc1C. The van der Waals surface area contributed by atoms with Gasteiger partial charge in [0.05, 0.1) is 12.6 Å². The molecule has 0 aliphatic rings. The highest BCUT2D eigenvalue weighted by Gasteiger charge is 2.11. The first-order valence-electron chi connectivity index (χ1n) is 5.29. The van der Waals surface area contributed by atoms with E-state index in [9.17, 15) is 5.11 Å². The van der Waals surface area contributed by atoms with E-state index in [1.165, 1.54) is 0 Å². The fourth-order valence-electron chi connectivity index (χ4n) is 1.62. The van der Waals surface area contributed by atoms with E-state index < -0.39 is 0 Å². The normalized spacial score (nSPS) is 12.8. The molecule has 1 unspecified atom stereocenters. The van der Waals surface area contributed by atoms with Gasteiger partial charge >= 0.3 is 0 Å². The van der Waals surface area contributed by atoms with Gasteiger partial charge in [0.25, 0.3) is 0 Å². The molecule has 0 saturated heterocycles. The molecule has 0 bridgehead atoms. The first kappa shape index (κ1) is 12.5. The van der Waals surface area contributed by atoms with Gasteiger partial charge in [-0.1, -0.05) is 24.6 Å². The zero-order valence-electron chi connectivity index (χ0n) is 9.26. The third kappa shape index (κ3) is 3.49. The van der Waals surface area contributed by atoms with Gasteiger partial charge in [0.2, 0.25) is 0 Å². The molecule has 0 aromatic heterocycles. The third-order valence-corrected chi connectivity index (χ3v) is 2.67. The van der Waals surface area contributed by atoms with E-state index in [4.69, 9.17) is 11.6 Å². The van der Waals surface area contributed by atoms with E-state index in [2.05, 4.69) is 12.2 Å². The fourth-order valence-corrected chi connectivity index (χ4v) is 1.85. The molecule has 84 valence electrons.